The average molecular weight is 279 g/mol. The molecule has 19 heavy (non-hydrogen) atoms. The second-order valence-electron chi connectivity index (χ2n) is 4.17. The van der Waals surface area contributed by atoms with Crippen LogP contribution in [0.1, 0.15) is 18.0 Å². The first kappa shape index (κ1) is 15.5. The molecule has 2 aromatic carbocycles. The third-order valence-corrected chi connectivity index (χ3v) is 2.74. The van der Waals surface area contributed by atoms with Gasteiger partial charge in [0.1, 0.15) is 11.5 Å². The normalized spacial score (nSPS) is 11.5. The smallest absolute Gasteiger partial charge is 0.127 e. The van der Waals surface area contributed by atoms with Crippen molar-refractivity contribution in [1.29, 1.82) is 0 Å². The average Bonchev–Trinajstić information content (AvgIpc) is 2.40. The minimum absolute atomic E-state index is 0. The van der Waals surface area contributed by atoms with Gasteiger partial charge in [-0.3, -0.25) is 0 Å². The second-order valence-corrected chi connectivity index (χ2v) is 4.17. The zero-order chi connectivity index (χ0) is 12.8. The van der Waals surface area contributed by atoms with Crippen molar-refractivity contribution in [3.63, 3.8) is 0 Å². The van der Waals surface area contributed by atoms with E-state index in [1.54, 1.807) is 0 Å². The summed E-state index contributed by atoms with van der Waals surface area (Å²) >= 11 is 0. The summed E-state index contributed by atoms with van der Waals surface area (Å²) in [5, 5.41) is 0. The number of hydrogen-bond donors (Lipinski definition) is 2. The van der Waals surface area contributed by atoms with E-state index in [1.807, 2.05) is 54.6 Å². The largest absolute Gasteiger partial charge is 0.457 e. The standard InChI is InChI=1S/C15H18N2O.ClH/c16-10-9-15(17)12-5-4-8-14(11-12)18-13-6-2-1-3-7-13;/h1-8,11,15H,9-10,16-17H2;1H/t15-;/m0./s1. The monoisotopic (exact) mass is 278 g/mol. The number of para-hydroxylation sites is 1. The Morgan fingerprint density at radius 1 is 0.947 bits per heavy atom. The Bertz CT molecular complexity index is 491. The lowest BCUT2D eigenvalue weighted by atomic mass is 10.0. The minimum atomic E-state index is -0.0330. The summed E-state index contributed by atoms with van der Waals surface area (Å²) in [7, 11) is 0. The van der Waals surface area contributed by atoms with Gasteiger partial charge in [0.05, 0.1) is 0 Å². The van der Waals surface area contributed by atoms with Gasteiger partial charge in [-0.15, -0.1) is 12.4 Å². The van der Waals surface area contributed by atoms with Gasteiger partial charge in [0, 0.05) is 6.04 Å². The van der Waals surface area contributed by atoms with Crippen molar-refractivity contribution in [2.24, 2.45) is 11.5 Å². The van der Waals surface area contributed by atoms with Crippen LogP contribution in [0, 0.1) is 0 Å². The van der Waals surface area contributed by atoms with E-state index in [1.165, 1.54) is 0 Å². The van der Waals surface area contributed by atoms with Gasteiger partial charge >= 0.3 is 0 Å². The Morgan fingerprint density at radius 3 is 2.32 bits per heavy atom. The van der Waals surface area contributed by atoms with Gasteiger partial charge in [-0.25, -0.2) is 0 Å². The highest BCUT2D eigenvalue weighted by atomic mass is 35.5. The highest BCUT2D eigenvalue weighted by Crippen LogP contribution is 2.24. The Balaban J connectivity index is 0.00000180. The molecule has 4 N–H and O–H groups in total. The molecule has 0 radical (unpaired) electrons. The van der Waals surface area contributed by atoms with Crippen molar-refractivity contribution in [2.45, 2.75) is 12.5 Å². The van der Waals surface area contributed by atoms with Crippen molar-refractivity contribution < 1.29 is 4.74 Å². The molecule has 0 saturated carbocycles. The second kappa shape index (κ2) is 7.79. The van der Waals surface area contributed by atoms with Crippen LogP contribution in [0.3, 0.4) is 0 Å². The molecule has 0 aliphatic carbocycles. The zero-order valence-corrected chi connectivity index (χ0v) is 11.5. The molecule has 0 spiro atoms. The van der Waals surface area contributed by atoms with Crippen LogP contribution in [0.15, 0.2) is 54.6 Å². The van der Waals surface area contributed by atoms with Crippen molar-refractivity contribution in [3.8, 4) is 11.5 Å². The molecule has 3 nitrogen and oxygen atoms in total. The van der Waals surface area contributed by atoms with E-state index < -0.39 is 0 Å². The minimum Gasteiger partial charge on any atom is -0.457 e. The van der Waals surface area contributed by atoms with Gasteiger partial charge in [0.15, 0.2) is 0 Å². The lowest BCUT2D eigenvalue weighted by Gasteiger charge is -2.12. The molecule has 0 amide bonds. The topological polar surface area (TPSA) is 61.3 Å². The molecule has 2 rings (SSSR count). The maximum absolute atomic E-state index is 6.03. The third kappa shape index (κ3) is 4.56. The molecule has 0 bridgehead atoms. The molecule has 102 valence electrons. The van der Waals surface area contributed by atoms with Gasteiger partial charge in [-0.2, -0.15) is 0 Å². The SMILES string of the molecule is Cl.NCC[C@H](N)c1cccc(Oc2ccccc2)c1. The first-order valence-corrected chi connectivity index (χ1v) is 6.08. The van der Waals surface area contributed by atoms with Crippen molar-refractivity contribution >= 4 is 12.4 Å². The van der Waals surface area contributed by atoms with Crippen LogP contribution < -0.4 is 16.2 Å². The Morgan fingerprint density at radius 2 is 1.63 bits per heavy atom. The maximum atomic E-state index is 6.03. The van der Waals surface area contributed by atoms with Crippen LogP contribution in [-0.4, -0.2) is 6.54 Å². The summed E-state index contributed by atoms with van der Waals surface area (Å²) in [5.41, 5.74) is 12.6. The van der Waals surface area contributed by atoms with Crippen LogP contribution in [0.5, 0.6) is 11.5 Å². The fourth-order valence-corrected chi connectivity index (χ4v) is 1.78. The molecule has 0 aromatic heterocycles. The van der Waals surface area contributed by atoms with Crippen molar-refractivity contribution in [1.82, 2.24) is 0 Å². The predicted molar refractivity (Wildman–Crippen MR) is 80.8 cm³/mol. The van der Waals surface area contributed by atoms with E-state index in [2.05, 4.69) is 0 Å². The van der Waals surface area contributed by atoms with Crippen LogP contribution in [-0.2, 0) is 0 Å². The van der Waals surface area contributed by atoms with Gasteiger partial charge in [0.2, 0.25) is 0 Å². The van der Waals surface area contributed by atoms with Gasteiger partial charge in [-0.05, 0) is 42.8 Å². The van der Waals surface area contributed by atoms with E-state index in [9.17, 15) is 0 Å². The zero-order valence-electron chi connectivity index (χ0n) is 10.7. The van der Waals surface area contributed by atoms with Crippen LogP contribution in [0.2, 0.25) is 0 Å². The molecule has 4 heteroatoms. The summed E-state index contributed by atoms with van der Waals surface area (Å²) in [6, 6.07) is 17.5. The van der Waals surface area contributed by atoms with Gasteiger partial charge in [0.25, 0.3) is 0 Å². The Hall–Kier alpha value is -1.55. The molecular weight excluding hydrogens is 260 g/mol. The quantitative estimate of drug-likeness (QED) is 0.882. The molecular formula is C15H19ClN2O. The van der Waals surface area contributed by atoms with E-state index in [4.69, 9.17) is 16.2 Å². The summed E-state index contributed by atoms with van der Waals surface area (Å²) in [6.45, 7) is 0.588. The van der Waals surface area contributed by atoms with Crippen LogP contribution in [0.25, 0.3) is 0 Å². The fraction of sp³-hybridized carbons (Fsp3) is 0.200. The number of hydrogen-bond acceptors (Lipinski definition) is 3. The first-order chi connectivity index (χ1) is 8.79. The molecule has 2 aromatic rings. The van der Waals surface area contributed by atoms with Crippen molar-refractivity contribution in [2.75, 3.05) is 6.54 Å². The third-order valence-electron chi connectivity index (χ3n) is 2.74. The Labute approximate surface area is 120 Å². The van der Waals surface area contributed by atoms with E-state index >= 15 is 0 Å². The molecule has 0 aliphatic heterocycles. The summed E-state index contributed by atoms with van der Waals surface area (Å²) in [4.78, 5) is 0. The summed E-state index contributed by atoms with van der Waals surface area (Å²) in [5.74, 6) is 1.62. The Kier molecular flexibility index (Phi) is 6.36. The lowest BCUT2D eigenvalue weighted by molar-refractivity contribution is 0.481. The number of rotatable bonds is 5. The predicted octanol–water partition coefficient (Wildman–Crippen LogP) is 3.25. The lowest BCUT2D eigenvalue weighted by Crippen LogP contribution is -2.15. The molecule has 0 fully saturated rings. The van der Waals surface area contributed by atoms with E-state index in [0.29, 0.717) is 6.54 Å². The van der Waals surface area contributed by atoms with E-state index in [0.717, 1.165) is 23.5 Å². The number of nitrogens with two attached hydrogens (primary N) is 2. The fourth-order valence-electron chi connectivity index (χ4n) is 1.78. The first-order valence-electron chi connectivity index (χ1n) is 6.08. The van der Waals surface area contributed by atoms with Gasteiger partial charge < -0.3 is 16.2 Å². The highest BCUT2D eigenvalue weighted by molar-refractivity contribution is 5.85. The molecule has 0 aliphatic rings. The maximum Gasteiger partial charge on any atom is 0.127 e. The summed E-state index contributed by atoms with van der Waals surface area (Å²) in [6.07, 6.45) is 0.773. The van der Waals surface area contributed by atoms with E-state index in [-0.39, 0.29) is 18.4 Å². The molecule has 0 saturated heterocycles. The molecule has 0 unspecified atom stereocenters. The highest BCUT2D eigenvalue weighted by Gasteiger charge is 2.06. The molecule has 1 atom stereocenters. The van der Waals surface area contributed by atoms with Crippen LogP contribution in [0.4, 0.5) is 0 Å². The number of halogens is 1. The number of ether oxygens (including phenoxy) is 1. The van der Waals surface area contributed by atoms with Crippen LogP contribution >= 0.6 is 12.4 Å². The summed E-state index contributed by atoms with van der Waals surface area (Å²) < 4.78 is 5.76. The van der Waals surface area contributed by atoms with Crippen molar-refractivity contribution in [3.05, 3.63) is 60.2 Å². The molecule has 0 heterocycles. The number of benzene rings is 2. The van der Waals surface area contributed by atoms with Gasteiger partial charge in [-0.1, -0.05) is 30.3 Å².